The van der Waals surface area contributed by atoms with Gasteiger partial charge in [0.05, 0.1) is 0 Å². The van der Waals surface area contributed by atoms with Crippen LogP contribution in [0.25, 0.3) is 0 Å². The molecule has 1 aliphatic heterocycles. The molecule has 0 radical (unpaired) electrons. The molecule has 1 aliphatic carbocycles. The van der Waals surface area contributed by atoms with E-state index in [-0.39, 0.29) is 23.9 Å². The maximum absolute atomic E-state index is 12.1. The molecule has 18 heavy (non-hydrogen) atoms. The normalized spacial score (nSPS) is 37.6. The number of nitrogens with zero attached hydrogens (tertiary/aromatic N) is 1. The molecule has 0 spiro atoms. The third kappa shape index (κ3) is 2.68. The molecular weight excluding hydrogens is 228 g/mol. The van der Waals surface area contributed by atoms with Crippen molar-refractivity contribution in [2.24, 2.45) is 11.8 Å². The molecule has 2 fully saturated rings. The zero-order chi connectivity index (χ0) is 13.3. The lowest BCUT2D eigenvalue weighted by atomic mass is 9.82. The molecule has 1 saturated heterocycles. The van der Waals surface area contributed by atoms with E-state index in [4.69, 9.17) is 0 Å². The van der Waals surface area contributed by atoms with Crippen molar-refractivity contribution in [3.63, 3.8) is 0 Å². The second-order valence-electron chi connectivity index (χ2n) is 6.03. The van der Waals surface area contributed by atoms with Crippen molar-refractivity contribution in [3.8, 4) is 0 Å². The fourth-order valence-corrected chi connectivity index (χ4v) is 3.23. The number of carbonyl (C=O) groups excluding carboxylic acids is 2. The fraction of sp³-hybridized carbons (Fsp3) is 0.857. The van der Waals surface area contributed by atoms with Gasteiger partial charge in [-0.2, -0.15) is 0 Å². The number of piperazine rings is 1. The van der Waals surface area contributed by atoms with Gasteiger partial charge in [0.1, 0.15) is 12.1 Å². The summed E-state index contributed by atoms with van der Waals surface area (Å²) in [6.45, 7) is 6.62. The molecule has 1 heterocycles. The van der Waals surface area contributed by atoms with Gasteiger partial charge in [-0.3, -0.25) is 9.59 Å². The molecular formula is C14H24N2O2. The molecule has 0 bridgehead atoms. The van der Waals surface area contributed by atoms with Crippen LogP contribution in [0, 0.1) is 11.8 Å². The van der Waals surface area contributed by atoms with Crippen LogP contribution in [-0.2, 0) is 9.59 Å². The Labute approximate surface area is 109 Å². The first-order valence-electron chi connectivity index (χ1n) is 7.10. The summed E-state index contributed by atoms with van der Waals surface area (Å²) in [5.41, 5.74) is 0. The minimum Gasteiger partial charge on any atom is -0.343 e. The summed E-state index contributed by atoms with van der Waals surface area (Å²) >= 11 is 0. The van der Waals surface area contributed by atoms with Crippen molar-refractivity contribution in [1.82, 2.24) is 10.2 Å². The lowest BCUT2D eigenvalue weighted by molar-refractivity contribution is -0.149. The van der Waals surface area contributed by atoms with Gasteiger partial charge in [-0.1, -0.05) is 19.8 Å². The van der Waals surface area contributed by atoms with E-state index in [2.05, 4.69) is 12.2 Å². The molecule has 2 aliphatic rings. The lowest BCUT2D eigenvalue weighted by Gasteiger charge is -2.39. The smallest absolute Gasteiger partial charge is 0.245 e. The Hall–Kier alpha value is -1.06. The molecule has 2 amide bonds. The SMILES string of the molecule is CC1CCCC(CN2C(=O)C(C)NC(=O)C2C)C1. The van der Waals surface area contributed by atoms with Gasteiger partial charge in [-0.15, -0.1) is 0 Å². The van der Waals surface area contributed by atoms with Crippen LogP contribution in [0.1, 0.15) is 46.5 Å². The Morgan fingerprint density at radius 2 is 1.94 bits per heavy atom. The molecule has 1 saturated carbocycles. The minimum absolute atomic E-state index is 0.0223. The Kier molecular flexibility index (Phi) is 3.93. The van der Waals surface area contributed by atoms with Gasteiger partial charge < -0.3 is 10.2 Å². The summed E-state index contributed by atoms with van der Waals surface area (Å²) < 4.78 is 0. The Balaban J connectivity index is 2.01. The number of hydrogen-bond donors (Lipinski definition) is 1. The number of nitrogens with one attached hydrogen (secondary N) is 1. The summed E-state index contributed by atoms with van der Waals surface area (Å²) in [6.07, 6.45) is 4.93. The molecule has 102 valence electrons. The highest BCUT2D eigenvalue weighted by molar-refractivity contribution is 5.96. The molecule has 4 nitrogen and oxygen atoms in total. The number of amides is 2. The largest absolute Gasteiger partial charge is 0.343 e. The topological polar surface area (TPSA) is 49.4 Å². The average Bonchev–Trinajstić information content (AvgIpc) is 2.32. The molecule has 2 rings (SSSR count). The second kappa shape index (κ2) is 5.29. The van der Waals surface area contributed by atoms with Crippen molar-refractivity contribution >= 4 is 11.8 Å². The van der Waals surface area contributed by atoms with E-state index in [9.17, 15) is 9.59 Å². The number of hydrogen-bond acceptors (Lipinski definition) is 2. The monoisotopic (exact) mass is 252 g/mol. The summed E-state index contributed by atoms with van der Waals surface area (Å²) in [7, 11) is 0. The predicted octanol–water partition coefficient (Wildman–Crippen LogP) is 1.55. The highest BCUT2D eigenvalue weighted by Crippen LogP contribution is 2.30. The van der Waals surface area contributed by atoms with Gasteiger partial charge in [0.25, 0.3) is 0 Å². The quantitative estimate of drug-likeness (QED) is 0.810. The third-order valence-corrected chi connectivity index (χ3v) is 4.36. The van der Waals surface area contributed by atoms with Crippen LogP contribution in [-0.4, -0.2) is 35.3 Å². The van der Waals surface area contributed by atoms with E-state index in [1.54, 1.807) is 11.8 Å². The fourth-order valence-electron chi connectivity index (χ4n) is 3.23. The van der Waals surface area contributed by atoms with E-state index in [0.717, 1.165) is 12.5 Å². The van der Waals surface area contributed by atoms with Crippen LogP contribution in [0.4, 0.5) is 0 Å². The van der Waals surface area contributed by atoms with Gasteiger partial charge in [-0.05, 0) is 38.5 Å². The van der Waals surface area contributed by atoms with E-state index < -0.39 is 0 Å². The molecule has 0 aromatic rings. The van der Waals surface area contributed by atoms with Gasteiger partial charge >= 0.3 is 0 Å². The van der Waals surface area contributed by atoms with Crippen molar-refractivity contribution in [3.05, 3.63) is 0 Å². The third-order valence-electron chi connectivity index (χ3n) is 4.36. The second-order valence-corrected chi connectivity index (χ2v) is 6.03. The zero-order valence-electron chi connectivity index (χ0n) is 11.6. The number of carbonyl (C=O) groups is 2. The molecule has 4 atom stereocenters. The summed E-state index contributed by atoms with van der Waals surface area (Å²) in [5.74, 6) is 1.37. The maximum atomic E-state index is 12.1. The summed E-state index contributed by atoms with van der Waals surface area (Å²) in [6, 6.07) is -0.680. The Bertz CT molecular complexity index is 343. The van der Waals surface area contributed by atoms with E-state index in [0.29, 0.717) is 5.92 Å². The average molecular weight is 252 g/mol. The predicted molar refractivity (Wildman–Crippen MR) is 69.9 cm³/mol. The van der Waals surface area contributed by atoms with E-state index in [1.165, 1.54) is 25.7 Å². The van der Waals surface area contributed by atoms with Gasteiger partial charge in [0.15, 0.2) is 0 Å². The molecule has 4 unspecified atom stereocenters. The van der Waals surface area contributed by atoms with Gasteiger partial charge in [-0.25, -0.2) is 0 Å². The van der Waals surface area contributed by atoms with E-state index >= 15 is 0 Å². The van der Waals surface area contributed by atoms with Crippen LogP contribution in [0.15, 0.2) is 0 Å². The van der Waals surface area contributed by atoms with Crippen molar-refractivity contribution in [1.29, 1.82) is 0 Å². The van der Waals surface area contributed by atoms with Crippen LogP contribution < -0.4 is 5.32 Å². The molecule has 4 heteroatoms. The zero-order valence-corrected chi connectivity index (χ0v) is 11.6. The highest BCUT2D eigenvalue weighted by Gasteiger charge is 2.37. The summed E-state index contributed by atoms with van der Waals surface area (Å²) in [4.78, 5) is 25.7. The summed E-state index contributed by atoms with van der Waals surface area (Å²) in [5, 5.41) is 2.72. The van der Waals surface area contributed by atoms with E-state index in [1.807, 2.05) is 6.92 Å². The minimum atomic E-state index is -0.366. The maximum Gasteiger partial charge on any atom is 0.245 e. The standard InChI is InChI=1S/C14H24N2O2/c1-9-5-4-6-12(7-9)8-16-11(3)13(17)15-10(2)14(16)18/h9-12H,4-8H2,1-3H3,(H,15,17). The Morgan fingerprint density at radius 1 is 1.22 bits per heavy atom. The van der Waals surface area contributed by atoms with Gasteiger partial charge in [0, 0.05) is 6.54 Å². The highest BCUT2D eigenvalue weighted by atomic mass is 16.2. The first-order chi connectivity index (χ1) is 8.49. The van der Waals surface area contributed by atoms with Crippen LogP contribution in [0.3, 0.4) is 0 Å². The van der Waals surface area contributed by atoms with Gasteiger partial charge in [0.2, 0.25) is 11.8 Å². The molecule has 1 N–H and O–H groups in total. The van der Waals surface area contributed by atoms with Crippen LogP contribution in [0.5, 0.6) is 0 Å². The first kappa shape index (κ1) is 13.4. The number of rotatable bonds is 2. The van der Waals surface area contributed by atoms with Crippen molar-refractivity contribution in [2.45, 2.75) is 58.5 Å². The van der Waals surface area contributed by atoms with Crippen LogP contribution in [0.2, 0.25) is 0 Å². The van der Waals surface area contributed by atoms with Crippen molar-refractivity contribution in [2.75, 3.05) is 6.54 Å². The molecule has 0 aromatic carbocycles. The van der Waals surface area contributed by atoms with Crippen LogP contribution >= 0.6 is 0 Å². The van der Waals surface area contributed by atoms with Crippen molar-refractivity contribution < 1.29 is 9.59 Å². The Morgan fingerprint density at radius 3 is 2.61 bits per heavy atom. The molecule has 0 aromatic heterocycles. The lowest BCUT2D eigenvalue weighted by Crippen LogP contribution is -2.62. The first-order valence-corrected chi connectivity index (χ1v) is 7.10.